The van der Waals surface area contributed by atoms with Gasteiger partial charge >= 0.3 is 6.09 Å². The lowest BCUT2D eigenvalue weighted by Crippen LogP contribution is -2.28. The Bertz CT molecular complexity index is 1310. The Hall–Kier alpha value is -3.64. The number of nitrogens with zero attached hydrogens (tertiary/aromatic N) is 3. The molecule has 194 valence electrons. The molecule has 2 atom stereocenters. The minimum atomic E-state index is -0.452. The molecule has 4 rings (SSSR count). The lowest BCUT2D eigenvalue weighted by atomic mass is 9.87. The highest BCUT2D eigenvalue weighted by atomic mass is 32.1. The number of alkyl carbamates (subject to hydrolysis) is 1. The average molecular weight is 521 g/mol. The van der Waals surface area contributed by atoms with Gasteiger partial charge in [-0.1, -0.05) is 19.1 Å². The molecule has 1 aromatic carbocycles. The van der Waals surface area contributed by atoms with Gasteiger partial charge in [-0.25, -0.2) is 9.78 Å². The Morgan fingerprint density at radius 1 is 1.38 bits per heavy atom. The number of Topliss-reactive ketones (excluding diaryl/α,β-unsaturated/α-hetero) is 1. The molecule has 0 aliphatic heterocycles. The highest BCUT2D eigenvalue weighted by molar-refractivity contribution is 7.12. The zero-order valence-corrected chi connectivity index (χ0v) is 22.3. The first kappa shape index (κ1) is 26.4. The van der Waals surface area contributed by atoms with Gasteiger partial charge in [-0.3, -0.25) is 4.79 Å². The molecule has 0 radical (unpaired) electrons. The molecule has 1 aliphatic carbocycles. The van der Waals surface area contributed by atoms with E-state index in [0.29, 0.717) is 25.1 Å². The third kappa shape index (κ3) is 6.57. The van der Waals surface area contributed by atoms with E-state index in [9.17, 15) is 14.9 Å². The van der Waals surface area contributed by atoms with Crippen LogP contribution in [0.4, 0.5) is 4.79 Å². The summed E-state index contributed by atoms with van der Waals surface area (Å²) in [4.78, 5) is 31.1. The first-order valence-electron chi connectivity index (χ1n) is 12.4. The van der Waals surface area contributed by atoms with Gasteiger partial charge in [0.05, 0.1) is 37.8 Å². The van der Waals surface area contributed by atoms with Crippen LogP contribution in [0.5, 0.6) is 5.75 Å². The number of aromatic nitrogens is 2. The van der Waals surface area contributed by atoms with Gasteiger partial charge in [0.2, 0.25) is 0 Å². The van der Waals surface area contributed by atoms with Crippen molar-refractivity contribution in [2.75, 3.05) is 13.7 Å². The molecule has 3 aromatic rings. The molecule has 9 heteroatoms. The molecule has 37 heavy (non-hydrogen) atoms. The second-order valence-corrected chi connectivity index (χ2v) is 10.8. The molecule has 1 aliphatic rings. The van der Waals surface area contributed by atoms with Crippen LogP contribution >= 0.6 is 11.3 Å². The number of rotatable bonds is 10. The van der Waals surface area contributed by atoms with Crippen molar-refractivity contribution in [2.45, 2.75) is 51.5 Å². The Balaban J connectivity index is 1.31. The fourth-order valence-corrected chi connectivity index (χ4v) is 6.18. The Morgan fingerprint density at radius 2 is 2.22 bits per heavy atom. The average Bonchev–Trinajstić information content (AvgIpc) is 3.47. The fraction of sp³-hybridized carbons (Fsp3) is 0.429. The van der Waals surface area contributed by atoms with Crippen LogP contribution in [0.25, 0.3) is 0 Å². The molecular weight excluding hydrogens is 488 g/mol. The molecule has 2 heterocycles. The number of benzene rings is 1. The second kappa shape index (κ2) is 12.1. The van der Waals surface area contributed by atoms with Gasteiger partial charge in [-0.05, 0) is 54.4 Å². The Morgan fingerprint density at radius 3 is 2.95 bits per heavy atom. The standard InChI is InChI=1S/C28H32N4O4S/c1-18(20-5-4-6-23(11-20)35-3)9-22(33)12-27-25(13-29)24-8-7-19(10-26(24)37-27)16-36-28(34)31-15-21-14-30-17-32(21)2/h4-6,11,14,17-19H,7-10,12,15-16H2,1-3H3,(H,31,34). The topological polar surface area (TPSA) is 106 Å². The van der Waals surface area contributed by atoms with Gasteiger partial charge in [-0.15, -0.1) is 11.3 Å². The first-order valence-corrected chi connectivity index (χ1v) is 13.2. The summed E-state index contributed by atoms with van der Waals surface area (Å²) in [5.74, 6) is 1.15. The second-order valence-electron chi connectivity index (χ2n) is 9.57. The van der Waals surface area contributed by atoms with Crippen LogP contribution in [-0.4, -0.2) is 35.1 Å². The fourth-order valence-electron chi connectivity index (χ4n) is 4.73. The predicted molar refractivity (Wildman–Crippen MR) is 141 cm³/mol. The number of nitriles is 1. The molecule has 2 unspecified atom stereocenters. The molecule has 2 aromatic heterocycles. The molecular formula is C28H32N4O4S. The van der Waals surface area contributed by atoms with E-state index in [1.165, 1.54) is 0 Å². The number of ketones is 1. The lowest BCUT2D eigenvalue weighted by molar-refractivity contribution is -0.118. The van der Waals surface area contributed by atoms with Crippen molar-refractivity contribution in [3.8, 4) is 11.8 Å². The number of nitrogens with one attached hydrogen (secondary N) is 1. The van der Waals surface area contributed by atoms with Crippen LogP contribution in [0.1, 0.15) is 57.8 Å². The van der Waals surface area contributed by atoms with Crippen molar-refractivity contribution < 1.29 is 19.1 Å². The third-order valence-corrected chi connectivity index (χ3v) is 8.14. The van der Waals surface area contributed by atoms with Crippen molar-refractivity contribution in [1.82, 2.24) is 14.9 Å². The van der Waals surface area contributed by atoms with Crippen molar-refractivity contribution in [3.05, 3.63) is 68.9 Å². The van der Waals surface area contributed by atoms with Crippen molar-refractivity contribution in [3.63, 3.8) is 0 Å². The summed E-state index contributed by atoms with van der Waals surface area (Å²) in [6, 6.07) is 10.1. The first-order chi connectivity index (χ1) is 17.9. The molecule has 0 spiro atoms. The number of imidazole rings is 1. The monoisotopic (exact) mass is 520 g/mol. The number of methoxy groups -OCH3 is 1. The van der Waals surface area contributed by atoms with Crippen LogP contribution in [0.2, 0.25) is 0 Å². The summed E-state index contributed by atoms with van der Waals surface area (Å²) < 4.78 is 12.6. The van der Waals surface area contributed by atoms with E-state index < -0.39 is 6.09 Å². The van der Waals surface area contributed by atoms with Crippen molar-refractivity contribution in [1.29, 1.82) is 5.26 Å². The van der Waals surface area contributed by atoms with Crippen LogP contribution in [-0.2, 0) is 42.4 Å². The number of hydrogen-bond acceptors (Lipinski definition) is 7. The maximum Gasteiger partial charge on any atom is 0.407 e. The molecule has 0 fully saturated rings. The summed E-state index contributed by atoms with van der Waals surface area (Å²) in [6.45, 7) is 2.71. The summed E-state index contributed by atoms with van der Waals surface area (Å²) in [6.07, 6.45) is 5.96. The summed E-state index contributed by atoms with van der Waals surface area (Å²) in [5.41, 5.74) is 3.68. The molecule has 0 saturated heterocycles. The Labute approximate surface area is 221 Å². The molecule has 1 N–H and O–H groups in total. The number of amides is 1. The molecule has 0 bridgehead atoms. The normalized spacial score (nSPS) is 15.4. The van der Waals surface area contributed by atoms with Gasteiger partial charge in [-0.2, -0.15) is 5.26 Å². The van der Waals surface area contributed by atoms with E-state index >= 15 is 0 Å². The summed E-state index contributed by atoms with van der Waals surface area (Å²) in [7, 11) is 3.50. The van der Waals surface area contributed by atoms with Gasteiger partial charge in [0.25, 0.3) is 0 Å². The summed E-state index contributed by atoms with van der Waals surface area (Å²) >= 11 is 1.56. The SMILES string of the molecule is COc1cccc(C(C)CC(=O)Cc2sc3c(c2C#N)CCC(COC(=O)NCc2cncn2C)C3)c1. The number of ether oxygens (including phenoxy) is 2. The zero-order valence-electron chi connectivity index (χ0n) is 21.5. The maximum atomic E-state index is 12.9. The number of aryl methyl sites for hydroxylation is 1. The van der Waals surface area contributed by atoms with Gasteiger partial charge < -0.3 is 19.4 Å². The van der Waals surface area contributed by atoms with E-state index in [-0.39, 0.29) is 24.0 Å². The van der Waals surface area contributed by atoms with Crippen LogP contribution in [0.3, 0.4) is 0 Å². The quantitative estimate of drug-likeness (QED) is 0.415. The summed E-state index contributed by atoms with van der Waals surface area (Å²) in [5, 5.41) is 12.6. The number of carbonyl (C=O) groups excluding carboxylic acids is 2. The molecule has 1 amide bonds. The predicted octanol–water partition coefficient (Wildman–Crippen LogP) is 4.70. The van der Waals surface area contributed by atoms with E-state index in [1.807, 2.05) is 42.8 Å². The van der Waals surface area contributed by atoms with Crippen molar-refractivity contribution >= 4 is 23.2 Å². The zero-order chi connectivity index (χ0) is 26.4. The largest absolute Gasteiger partial charge is 0.497 e. The van der Waals surface area contributed by atoms with E-state index in [0.717, 1.165) is 51.6 Å². The molecule has 8 nitrogen and oxygen atoms in total. The minimum Gasteiger partial charge on any atom is -0.497 e. The van der Waals surface area contributed by atoms with Crippen LogP contribution < -0.4 is 10.1 Å². The lowest BCUT2D eigenvalue weighted by Gasteiger charge is -2.22. The number of hydrogen-bond donors (Lipinski definition) is 1. The number of fused-ring (bicyclic) bond motifs is 1. The smallest absolute Gasteiger partial charge is 0.407 e. The number of thiophene rings is 1. The number of carbonyl (C=O) groups is 2. The van der Waals surface area contributed by atoms with E-state index in [2.05, 4.69) is 16.4 Å². The molecule has 0 saturated carbocycles. The highest BCUT2D eigenvalue weighted by Crippen LogP contribution is 2.37. The van der Waals surface area contributed by atoms with Gasteiger partial charge in [0.1, 0.15) is 17.6 Å². The van der Waals surface area contributed by atoms with Crippen molar-refractivity contribution in [2.24, 2.45) is 13.0 Å². The minimum absolute atomic E-state index is 0.0632. The van der Waals surface area contributed by atoms with Gasteiger partial charge in [0.15, 0.2) is 0 Å². The van der Waals surface area contributed by atoms with E-state index in [4.69, 9.17) is 9.47 Å². The third-order valence-electron chi connectivity index (χ3n) is 6.89. The van der Waals surface area contributed by atoms with E-state index in [1.54, 1.807) is 31.0 Å². The maximum absolute atomic E-state index is 12.9. The van der Waals surface area contributed by atoms with Crippen LogP contribution in [0, 0.1) is 17.2 Å². The Kier molecular flexibility index (Phi) is 8.62. The van der Waals surface area contributed by atoms with Gasteiger partial charge in [0, 0.05) is 35.8 Å². The van der Waals surface area contributed by atoms with Crippen LogP contribution in [0.15, 0.2) is 36.8 Å². The highest BCUT2D eigenvalue weighted by Gasteiger charge is 2.27.